The maximum absolute atomic E-state index is 12.5. The Kier molecular flexibility index (Phi) is 4.57. The normalized spacial score (nSPS) is 16.3. The molecule has 0 aliphatic carbocycles. The Morgan fingerprint density at radius 3 is 2.48 bits per heavy atom. The molecule has 1 heterocycles. The number of rotatable bonds is 3. The summed E-state index contributed by atoms with van der Waals surface area (Å²) in [5.41, 5.74) is 0.975. The first kappa shape index (κ1) is 15.4. The van der Waals surface area contributed by atoms with Crippen LogP contribution in [0.1, 0.15) is 28.8 Å². The monoisotopic (exact) mass is 291 g/mol. The number of hydrogen-bond acceptors (Lipinski definition) is 4. The van der Waals surface area contributed by atoms with E-state index in [1.807, 2.05) is 14.1 Å². The van der Waals surface area contributed by atoms with Gasteiger partial charge in [0.05, 0.1) is 4.92 Å². The van der Waals surface area contributed by atoms with Crippen LogP contribution in [0.4, 0.5) is 5.69 Å². The zero-order valence-electron chi connectivity index (χ0n) is 12.7. The van der Waals surface area contributed by atoms with Gasteiger partial charge in [0, 0.05) is 36.3 Å². The summed E-state index contributed by atoms with van der Waals surface area (Å²) < 4.78 is 0. The van der Waals surface area contributed by atoms with Crippen LogP contribution in [-0.2, 0) is 0 Å². The van der Waals surface area contributed by atoms with Crippen LogP contribution in [0.3, 0.4) is 0 Å². The highest BCUT2D eigenvalue weighted by molar-refractivity contribution is 5.95. The molecular formula is C15H21N3O3. The number of hydrogen-bond donors (Lipinski definition) is 0. The van der Waals surface area contributed by atoms with E-state index in [9.17, 15) is 14.9 Å². The second-order valence-corrected chi connectivity index (χ2v) is 5.75. The first-order valence-electron chi connectivity index (χ1n) is 7.11. The van der Waals surface area contributed by atoms with Gasteiger partial charge in [-0.2, -0.15) is 0 Å². The van der Waals surface area contributed by atoms with Crippen molar-refractivity contribution in [2.45, 2.75) is 25.8 Å². The highest BCUT2D eigenvalue weighted by Gasteiger charge is 2.25. The zero-order valence-corrected chi connectivity index (χ0v) is 12.7. The molecule has 0 saturated carbocycles. The molecule has 0 N–H and O–H groups in total. The van der Waals surface area contributed by atoms with E-state index in [1.165, 1.54) is 6.07 Å². The molecule has 1 aliphatic heterocycles. The van der Waals surface area contributed by atoms with Gasteiger partial charge in [-0.05, 0) is 39.9 Å². The lowest BCUT2D eigenvalue weighted by molar-refractivity contribution is -0.385. The van der Waals surface area contributed by atoms with Crippen molar-refractivity contribution in [3.8, 4) is 0 Å². The second kappa shape index (κ2) is 6.22. The van der Waals surface area contributed by atoms with E-state index in [4.69, 9.17) is 0 Å². The molecule has 0 unspecified atom stereocenters. The predicted molar refractivity (Wildman–Crippen MR) is 80.4 cm³/mol. The Labute approximate surface area is 124 Å². The van der Waals surface area contributed by atoms with Crippen LogP contribution in [0, 0.1) is 17.0 Å². The van der Waals surface area contributed by atoms with E-state index in [0.717, 1.165) is 12.8 Å². The first-order valence-corrected chi connectivity index (χ1v) is 7.11. The molecule has 6 heteroatoms. The number of aryl methyl sites for hydroxylation is 1. The number of amides is 1. The highest BCUT2D eigenvalue weighted by Crippen LogP contribution is 2.22. The van der Waals surface area contributed by atoms with Crippen molar-refractivity contribution in [1.82, 2.24) is 9.80 Å². The number of carbonyl (C=O) groups is 1. The van der Waals surface area contributed by atoms with Crippen LogP contribution >= 0.6 is 0 Å². The number of nitro groups is 1. The summed E-state index contributed by atoms with van der Waals surface area (Å²) in [6.07, 6.45) is 1.87. The summed E-state index contributed by atoms with van der Waals surface area (Å²) in [6.45, 7) is 3.07. The fraction of sp³-hybridized carbons (Fsp3) is 0.533. The van der Waals surface area contributed by atoms with Crippen LogP contribution in [0.5, 0.6) is 0 Å². The Balaban J connectivity index is 2.11. The Morgan fingerprint density at radius 1 is 1.33 bits per heavy atom. The molecule has 1 aromatic carbocycles. The van der Waals surface area contributed by atoms with Gasteiger partial charge in [0.15, 0.2) is 0 Å². The molecular weight excluding hydrogens is 270 g/mol. The minimum absolute atomic E-state index is 0.00373. The van der Waals surface area contributed by atoms with Crippen molar-refractivity contribution in [3.63, 3.8) is 0 Å². The smallest absolute Gasteiger partial charge is 0.273 e. The van der Waals surface area contributed by atoms with Crippen molar-refractivity contribution >= 4 is 11.6 Å². The number of likely N-dealkylation sites (tertiary alicyclic amines) is 1. The van der Waals surface area contributed by atoms with Gasteiger partial charge >= 0.3 is 0 Å². The van der Waals surface area contributed by atoms with E-state index in [1.54, 1.807) is 24.0 Å². The molecule has 0 spiro atoms. The average molecular weight is 291 g/mol. The molecule has 2 rings (SSSR count). The van der Waals surface area contributed by atoms with Crippen LogP contribution in [0.15, 0.2) is 18.2 Å². The van der Waals surface area contributed by atoms with Crippen LogP contribution in [-0.4, -0.2) is 53.9 Å². The van der Waals surface area contributed by atoms with Gasteiger partial charge in [-0.1, -0.05) is 6.07 Å². The third kappa shape index (κ3) is 3.39. The quantitative estimate of drug-likeness (QED) is 0.631. The summed E-state index contributed by atoms with van der Waals surface area (Å²) in [4.78, 5) is 26.9. The summed E-state index contributed by atoms with van der Waals surface area (Å²) in [5, 5.41) is 11.0. The minimum atomic E-state index is -0.440. The molecule has 0 aromatic heterocycles. The van der Waals surface area contributed by atoms with Gasteiger partial charge in [0.1, 0.15) is 0 Å². The Bertz CT molecular complexity index is 549. The lowest BCUT2D eigenvalue weighted by Crippen LogP contribution is -2.44. The summed E-state index contributed by atoms with van der Waals surface area (Å²) in [5.74, 6) is -0.115. The van der Waals surface area contributed by atoms with Crippen LogP contribution in [0.25, 0.3) is 0 Å². The fourth-order valence-electron chi connectivity index (χ4n) is 2.71. The van der Waals surface area contributed by atoms with E-state index in [-0.39, 0.29) is 11.6 Å². The third-order valence-corrected chi connectivity index (χ3v) is 4.13. The fourth-order valence-corrected chi connectivity index (χ4v) is 2.71. The van der Waals surface area contributed by atoms with Gasteiger partial charge in [-0.15, -0.1) is 0 Å². The van der Waals surface area contributed by atoms with Gasteiger partial charge in [-0.25, -0.2) is 0 Å². The number of piperidine rings is 1. The summed E-state index contributed by atoms with van der Waals surface area (Å²) >= 11 is 0. The molecule has 21 heavy (non-hydrogen) atoms. The maximum Gasteiger partial charge on any atom is 0.273 e. The highest BCUT2D eigenvalue weighted by atomic mass is 16.6. The van der Waals surface area contributed by atoms with Gasteiger partial charge in [-0.3, -0.25) is 14.9 Å². The van der Waals surface area contributed by atoms with Gasteiger partial charge in [0.25, 0.3) is 11.6 Å². The van der Waals surface area contributed by atoms with Crippen LogP contribution in [0.2, 0.25) is 0 Å². The number of nitrogens with zero attached hydrogens (tertiary/aromatic N) is 3. The number of nitro benzene ring substituents is 1. The largest absolute Gasteiger partial charge is 0.339 e. The second-order valence-electron chi connectivity index (χ2n) is 5.75. The molecule has 0 bridgehead atoms. The van der Waals surface area contributed by atoms with Crippen LogP contribution < -0.4 is 0 Å². The first-order chi connectivity index (χ1) is 9.90. The van der Waals surface area contributed by atoms with Crippen molar-refractivity contribution in [2.75, 3.05) is 27.2 Å². The van der Waals surface area contributed by atoms with E-state index in [0.29, 0.717) is 30.3 Å². The topological polar surface area (TPSA) is 66.7 Å². The molecule has 1 amide bonds. The molecule has 0 radical (unpaired) electrons. The van der Waals surface area contributed by atoms with Gasteiger partial charge in [0.2, 0.25) is 0 Å². The van der Waals surface area contributed by atoms with Gasteiger partial charge < -0.3 is 9.80 Å². The summed E-state index contributed by atoms with van der Waals surface area (Å²) in [6, 6.07) is 5.19. The molecule has 1 aromatic rings. The SMILES string of the molecule is Cc1ccc(C(=O)N2CCC(N(C)C)CC2)cc1[N+](=O)[O-]. The Hall–Kier alpha value is -1.95. The number of benzene rings is 1. The molecule has 114 valence electrons. The standard InChI is InChI=1S/C15H21N3O3/c1-11-4-5-12(10-14(11)18(20)21)15(19)17-8-6-13(7-9-17)16(2)3/h4-5,10,13H,6-9H2,1-3H3. The van der Waals surface area contributed by atoms with Crippen molar-refractivity contribution in [2.24, 2.45) is 0 Å². The van der Waals surface area contributed by atoms with E-state index in [2.05, 4.69) is 4.90 Å². The zero-order chi connectivity index (χ0) is 15.6. The van der Waals surface area contributed by atoms with Crippen molar-refractivity contribution in [1.29, 1.82) is 0 Å². The Morgan fingerprint density at radius 2 is 1.95 bits per heavy atom. The van der Waals surface area contributed by atoms with E-state index >= 15 is 0 Å². The van der Waals surface area contributed by atoms with E-state index < -0.39 is 4.92 Å². The summed E-state index contributed by atoms with van der Waals surface area (Å²) in [7, 11) is 4.09. The lowest BCUT2D eigenvalue weighted by atomic mass is 10.0. The lowest BCUT2D eigenvalue weighted by Gasteiger charge is -2.35. The minimum Gasteiger partial charge on any atom is -0.339 e. The van der Waals surface area contributed by atoms with Crippen molar-refractivity contribution < 1.29 is 9.72 Å². The third-order valence-electron chi connectivity index (χ3n) is 4.13. The molecule has 0 atom stereocenters. The van der Waals surface area contributed by atoms with Crippen molar-refractivity contribution in [3.05, 3.63) is 39.4 Å². The molecule has 1 fully saturated rings. The predicted octanol–water partition coefficient (Wildman–Crippen LogP) is 2.07. The molecule has 1 aliphatic rings. The molecule has 1 saturated heterocycles. The maximum atomic E-state index is 12.5. The number of carbonyl (C=O) groups excluding carboxylic acids is 1. The average Bonchev–Trinajstić information content (AvgIpc) is 2.46. The molecule has 6 nitrogen and oxygen atoms in total.